The van der Waals surface area contributed by atoms with Crippen molar-refractivity contribution in [2.45, 2.75) is 43.0 Å². The van der Waals surface area contributed by atoms with Gasteiger partial charge in [-0.2, -0.15) is 0 Å². The van der Waals surface area contributed by atoms with Crippen LogP contribution in [0.2, 0.25) is 5.02 Å². The molecule has 2 aliphatic carbocycles. The minimum atomic E-state index is -0.428. The first kappa shape index (κ1) is 14.1. The van der Waals surface area contributed by atoms with Gasteiger partial charge in [0.2, 0.25) is 0 Å². The molecule has 2 unspecified atom stereocenters. The molecule has 0 saturated heterocycles. The van der Waals surface area contributed by atoms with Crippen LogP contribution >= 0.6 is 27.5 Å². The molecule has 0 aliphatic heterocycles. The molecule has 0 amide bonds. The fraction of sp³-hybridized carbons (Fsp3) is 0.571. The van der Waals surface area contributed by atoms with Crippen molar-refractivity contribution in [2.24, 2.45) is 5.41 Å². The number of benzene rings is 1. The maximum Gasteiger partial charge on any atom is 0.273 e. The summed E-state index contributed by atoms with van der Waals surface area (Å²) >= 11 is 9.83. The summed E-state index contributed by atoms with van der Waals surface area (Å²) in [5.74, 6) is 0.427. The van der Waals surface area contributed by atoms with Gasteiger partial charge >= 0.3 is 0 Å². The summed E-state index contributed by atoms with van der Waals surface area (Å²) < 4.78 is 6.01. The van der Waals surface area contributed by atoms with Crippen molar-refractivity contribution in [3.63, 3.8) is 0 Å². The minimum Gasteiger partial charge on any atom is -0.488 e. The van der Waals surface area contributed by atoms with Crippen LogP contribution in [0.1, 0.15) is 32.1 Å². The second-order valence-electron chi connectivity index (χ2n) is 5.62. The lowest BCUT2D eigenvalue weighted by atomic mass is 9.64. The molecule has 0 heterocycles. The highest BCUT2D eigenvalue weighted by Crippen LogP contribution is 2.58. The lowest BCUT2D eigenvalue weighted by molar-refractivity contribution is -0.385. The number of alkyl halides is 1. The summed E-state index contributed by atoms with van der Waals surface area (Å²) in [5.41, 5.74) is 0.202. The Labute approximate surface area is 130 Å². The van der Waals surface area contributed by atoms with Crippen LogP contribution in [0.4, 0.5) is 5.69 Å². The van der Waals surface area contributed by atoms with Crippen molar-refractivity contribution in [1.29, 1.82) is 0 Å². The lowest BCUT2D eigenvalue weighted by Gasteiger charge is -2.51. The zero-order chi connectivity index (χ0) is 14.3. The molecule has 2 atom stereocenters. The molecule has 0 aromatic heterocycles. The van der Waals surface area contributed by atoms with Crippen LogP contribution in [0.5, 0.6) is 5.75 Å². The highest BCUT2D eigenvalue weighted by molar-refractivity contribution is 9.09. The van der Waals surface area contributed by atoms with Crippen molar-refractivity contribution in [3.05, 3.63) is 33.3 Å². The molecular formula is C14H15BrClNO3. The number of nitro groups is 1. The highest BCUT2D eigenvalue weighted by Gasteiger charge is 2.56. The quantitative estimate of drug-likeness (QED) is 0.445. The van der Waals surface area contributed by atoms with Crippen LogP contribution in [0, 0.1) is 15.5 Å². The van der Waals surface area contributed by atoms with Crippen LogP contribution in [0.15, 0.2) is 18.2 Å². The van der Waals surface area contributed by atoms with E-state index in [4.69, 9.17) is 16.3 Å². The van der Waals surface area contributed by atoms with Crippen LogP contribution in [-0.4, -0.2) is 15.9 Å². The van der Waals surface area contributed by atoms with E-state index in [2.05, 4.69) is 15.9 Å². The van der Waals surface area contributed by atoms with E-state index in [1.807, 2.05) is 0 Å². The maximum atomic E-state index is 10.8. The number of nitro benzene ring substituents is 1. The summed E-state index contributed by atoms with van der Waals surface area (Å²) in [6, 6.07) is 4.35. The van der Waals surface area contributed by atoms with Crippen LogP contribution in [0.25, 0.3) is 0 Å². The second kappa shape index (κ2) is 5.19. The molecule has 1 aromatic rings. The van der Waals surface area contributed by atoms with Gasteiger partial charge in [0.05, 0.1) is 16.0 Å². The number of rotatable bonds is 3. The van der Waals surface area contributed by atoms with Gasteiger partial charge < -0.3 is 4.74 Å². The maximum absolute atomic E-state index is 10.8. The van der Waals surface area contributed by atoms with Gasteiger partial charge in [0, 0.05) is 16.3 Å². The van der Waals surface area contributed by atoms with Crippen LogP contribution < -0.4 is 4.74 Å². The lowest BCUT2D eigenvalue weighted by Crippen LogP contribution is -2.55. The molecule has 4 nitrogen and oxygen atoms in total. The molecular weight excluding hydrogens is 346 g/mol. The van der Waals surface area contributed by atoms with Crippen molar-refractivity contribution in [1.82, 2.24) is 0 Å². The molecule has 108 valence electrons. The first-order valence-electron chi connectivity index (χ1n) is 6.77. The molecule has 1 aromatic carbocycles. The largest absolute Gasteiger partial charge is 0.488 e. The molecule has 20 heavy (non-hydrogen) atoms. The number of non-ortho nitro benzene ring substituents is 1. The van der Waals surface area contributed by atoms with Gasteiger partial charge in [0.1, 0.15) is 11.9 Å². The fourth-order valence-corrected chi connectivity index (χ4v) is 4.64. The Hall–Kier alpha value is -0.810. The van der Waals surface area contributed by atoms with Gasteiger partial charge in [-0.25, -0.2) is 0 Å². The van der Waals surface area contributed by atoms with Crippen molar-refractivity contribution in [3.8, 4) is 5.75 Å². The Morgan fingerprint density at radius 3 is 2.70 bits per heavy atom. The van der Waals surface area contributed by atoms with E-state index in [9.17, 15) is 10.1 Å². The third-order valence-electron chi connectivity index (χ3n) is 4.62. The Kier molecular flexibility index (Phi) is 3.67. The summed E-state index contributed by atoms with van der Waals surface area (Å²) in [7, 11) is 0. The smallest absolute Gasteiger partial charge is 0.273 e. The predicted octanol–water partition coefficient (Wildman–Crippen LogP) is 4.72. The average Bonchev–Trinajstić information content (AvgIpc) is 2.92. The predicted molar refractivity (Wildman–Crippen MR) is 80.8 cm³/mol. The minimum absolute atomic E-state index is 0.0135. The van der Waals surface area contributed by atoms with Gasteiger partial charge in [0.25, 0.3) is 5.69 Å². The van der Waals surface area contributed by atoms with E-state index in [0.29, 0.717) is 15.6 Å². The zero-order valence-electron chi connectivity index (χ0n) is 10.9. The molecule has 0 N–H and O–H groups in total. The third kappa shape index (κ3) is 2.21. The highest BCUT2D eigenvalue weighted by atomic mass is 79.9. The Morgan fingerprint density at radius 1 is 1.40 bits per heavy atom. The molecule has 2 saturated carbocycles. The van der Waals surface area contributed by atoms with E-state index in [-0.39, 0.29) is 17.2 Å². The SMILES string of the molecule is O=[N+]([O-])c1ccc(Cl)c(OC2CC(Br)C23CCCC3)c1. The molecule has 2 aliphatic rings. The number of ether oxygens (including phenoxy) is 1. The standard InChI is InChI=1S/C14H15BrClNO3/c15-12-8-13(14(12)5-1-2-6-14)20-11-7-9(17(18)19)3-4-10(11)16/h3-4,7,12-13H,1-2,5-6,8H2. The number of hydrogen-bond donors (Lipinski definition) is 0. The summed E-state index contributed by atoms with van der Waals surface area (Å²) in [5, 5.41) is 11.3. The zero-order valence-corrected chi connectivity index (χ0v) is 13.2. The third-order valence-corrected chi connectivity index (χ3v) is 6.21. The molecule has 6 heteroatoms. The molecule has 0 bridgehead atoms. The van der Waals surface area contributed by atoms with Gasteiger partial charge in [-0.1, -0.05) is 40.4 Å². The normalized spacial score (nSPS) is 27.3. The monoisotopic (exact) mass is 359 g/mol. The topological polar surface area (TPSA) is 52.4 Å². The Bertz CT molecular complexity index is 545. The number of nitrogens with zero attached hydrogens (tertiary/aromatic N) is 1. The van der Waals surface area contributed by atoms with Gasteiger partial charge in [-0.3, -0.25) is 10.1 Å². The number of hydrogen-bond acceptors (Lipinski definition) is 3. The van der Waals surface area contributed by atoms with Crippen LogP contribution in [0.3, 0.4) is 0 Å². The molecule has 0 radical (unpaired) electrons. The second-order valence-corrected chi connectivity index (χ2v) is 7.13. The average molecular weight is 361 g/mol. The molecule has 1 spiro atoms. The van der Waals surface area contributed by atoms with E-state index in [1.165, 1.54) is 31.0 Å². The fourth-order valence-electron chi connectivity index (χ4n) is 3.38. The van der Waals surface area contributed by atoms with Gasteiger partial charge in [-0.15, -0.1) is 0 Å². The van der Waals surface area contributed by atoms with E-state index in [0.717, 1.165) is 19.3 Å². The van der Waals surface area contributed by atoms with Crippen molar-refractivity contribution < 1.29 is 9.66 Å². The van der Waals surface area contributed by atoms with Gasteiger partial charge in [-0.05, 0) is 25.3 Å². The summed E-state index contributed by atoms with van der Waals surface area (Å²) in [6.45, 7) is 0. The van der Waals surface area contributed by atoms with E-state index >= 15 is 0 Å². The van der Waals surface area contributed by atoms with Crippen LogP contribution in [-0.2, 0) is 0 Å². The van der Waals surface area contributed by atoms with E-state index in [1.54, 1.807) is 0 Å². The first-order chi connectivity index (χ1) is 9.53. The molecule has 2 fully saturated rings. The summed E-state index contributed by atoms with van der Waals surface area (Å²) in [6.07, 6.45) is 5.79. The Morgan fingerprint density at radius 2 is 2.10 bits per heavy atom. The van der Waals surface area contributed by atoms with Crippen molar-refractivity contribution in [2.75, 3.05) is 0 Å². The molecule has 3 rings (SSSR count). The first-order valence-corrected chi connectivity index (χ1v) is 8.07. The summed E-state index contributed by atoms with van der Waals surface area (Å²) in [4.78, 5) is 10.9. The van der Waals surface area contributed by atoms with Gasteiger partial charge in [0.15, 0.2) is 0 Å². The van der Waals surface area contributed by atoms with Crippen molar-refractivity contribution >= 4 is 33.2 Å². The van der Waals surface area contributed by atoms with E-state index < -0.39 is 4.92 Å². The number of halogens is 2. The Balaban J connectivity index is 1.81.